The summed E-state index contributed by atoms with van der Waals surface area (Å²) in [5, 5.41) is 18.6. The zero-order valence-corrected chi connectivity index (χ0v) is 64.4. The first-order valence-corrected chi connectivity index (χ1v) is 36.1. The van der Waals surface area contributed by atoms with E-state index in [1.807, 2.05) is 55.4 Å². The number of H-pyrrole nitrogens is 2. The number of amides is 7. The Morgan fingerprint density at radius 2 is 0.808 bits per heavy atom. The number of carbonyl (C=O) groups is 10. The van der Waals surface area contributed by atoms with Crippen molar-refractivity contribution in [3.63, 3.8) is 0 Å². The van der Waals surface area contributed by atoms with Crippen LogP contribution in [-0.4, -0.2) is 164 Å². The molecule has 6 atom stereocenters. The van der Waals surface area contributed by atoms with Crippen molar-refractivity contribution in [1.82, 2.24) is 46.5 Å². The first-order valence-electron chi connectivity index (χ1n) is 36.1. The minimum Gasteiger partial charge on any atom is -0.462 e. The van der Waals surface area contributed by atoms with Crippen LogP contribution in [0.3, 0.4) is 0 Å². The number of aryl methyl sites for hydroxylation is 2. The molecule has 2 rings (SSSR count). The molecule has 0 aliphatic carbocycles. The Morgan fingerprint density at radius 3 is 1.19 bits per heavy atom. The molecule has 6 unspecified atom stereocenters. The zero-order valence-electron chi connectivity index (χ0n) is 64.4. The normalized spacial score (nSPS) is 13.7. The van der Waals surface area contributed by atoms with E-state index >= 15 is 0 Å². The number of hydrogen-bond acceptors (Lipinski definition) is 22. The number of nitrogens with one attached hydrogen (secondary N) is 9. The largest absolute Gasteiger partial charge is 0.462 e. The molecule has 0 aliphatic heterocycles. The third-order valence-corrected chi connectivity index (χ3v) is 16.8. The van der Waals surface area contributed by atoms with Crippen molar-refractivity contribution >= 4 is 72.1 Å². The Kier molecular flexibility index (Phi) is 41.1. The molecule has 31 nitrogen and oxygen atoms in total. The molecule has 9 N–H and O–H groups in total. The lowest BCUT2D eigenvalue weighted by Gasteiger charge is -2.28. The fourth-order valence-electron chi connectivity index (χ4n) is 12.1. The maximum absolute atomic E-state index is 13.1. The Balaban J connectivity index is 1.70. The molecular formula is C73H121N11O20. The third kappa shape index (κ3) is 45.3. The van der Waals surface area contributed by atoms with Gasteiger partial charge in [0.25, 0.3) is 11.1 Å². The van der Waals surface area contributed by atoms with Crippen LogP contribution in [0.15, 0.2) is 34.4 Å². The van der Waals surface area contributed by atoms with Crippen LogP contribution in [0, 0.1) is 59.2 Å². The fourth-order valence-corrected chi connectivity index (χ4v) is 12.1. The summed E-state index contributed by atoms with van der Waals surface area (Å²) in [6, 6.07) is 1.68. The number of alkyl carbamates (subject to hydrolysis) is 3. The molecule has 0 fully saturated rings. The van der Waals surface area contributed by atoms with Gasteiger partial charge in [0.05, 0.1) is 6.54 Å². The highest BCUT2D eigenvalue weighted by molar-refractivity contribution is 5.88. The minimum atomic E-state index is -1.18. The average Bonchev–Trinajstić information content (AvgIpc) is 0.884. The van der Waals surface area contributed by atoms with E-state index in [1.165, 1.54) is 12.1 Å². The number of esters is 5. The maximum atomic E-state index is 13.1. The molecule has 2 heterocycles. The van der Waals surface area contributed by atoms with E-state index in [9.17, 15) is 57.5 Å². The molecular weight excluding hydrogens is 1350 g/mol. The highest BCUT2D eigenvalue weighted by Crippen LogP contribution is 2.35. The van der Waals surface area contributed by atoms with Gasteiger partial charge < -0.3 is 64.5 Å². The number of carbonyl (C=O) groups excluding carboxylic acids is 10. The van der Waals surface area contributed by atoms with Gasteiger partial charge in [0.15, 0.2) is 6.10 Å². The Morgan fingerprint density at radius 1 is 0.462 bits per heavy atom. The van der Waals surface area contributed by atoms with Gasteiger partial charge in [0.2, 0.25) is 11.9 Å². The molecule has 104 heavy (non-hydrogen) atoms. The van der Waals surface area contributed by atoms with Crippen molar-refractivity contribution in [1.29, 1.82) is 0 Å². The van der Waals surface area contributed by atoms with Crippen LogP contribution in [0.4, 0.5) is 35.9 Å². The van der Waals surface area contributed by atoms with E-state index in [4.69, 9.17) is 37.9 Å². The monoisotopic (exact) mass is 1470 g/mol. The van der Waals surface area contributed by atoms with E-state index in [0.717, 1.165) is 31.8 Å². The number of ether oxygens (including phenoxy) is 8. The number of aromatic nitrogens is 4. The first-order chi connectivity index (χ1) is 48.6. The number of anilines is 2. The molecule has 0 saturated heterocycles. The van der Waals surface area contributed by atoms with Crippen LogP contribution in [0.1, 0.15) is 211 Å². The highest BCUT2D eigenvalue weighted by Gasteiger charge is 2.29. The number of rotatable bonds is 49. The lowest BCUT2D eigenvalue weighted by atomic mass is 9.79. The van der Waals surface area contributed by atoms with Crippen molar-refractivity contribution in [2.24, 2.45) is 45.3 Å². The predicted molar refractivity (Wildman–Crippen MR) is 390 cm³/mol. The van der Waals surface area contributed by atoms with E-state index in [2.05, 4.69) is 91.4 Å². The summed E-state index contributed by atoms with van der Waals surface area (Å²) in [5.74, 6) is -2.01. The molecule has 2 aromatic heterocycles. The highest BCUT2D eigenvalue weighted by atomic mass is 16.6. The molecule has 0 aliphatic rings. The average molecular weight is 1470 g/mol. The van der Waals surface area contributed by atoms with Crippen LogP contribution in [-0.2, 0) is 61.9 Å². The topological polar surface area (TPSA) is 420 Å². The molecule has 7 amide bonds. The number of hydrogen-bond donors (Lipinski definition) is 9. The molecule has 31 heteroatoms. The second-order valence-electron chi connectivity index (χ2n) is 30.7. The maximum Gasteiger partial charge on any atom is 0.407 e. The molecule has 0 saturated carbocycles. The van der Waals surface area contributed by atoms with Crippen LogP contribution < -0.4 is 48.3 Å². The molecule has 2 aromatic rings. The summed E-state index contributed by atoms with van der Waals surface area (Å²) in [5.41, 5.74) is -0.695. The number of urea groups is 2. The SMILES string of the molecule is C=CC(=O)OCCNC(=O)OC(COC(=O)CCC(C)(C)CC(C)CCNC(=O)OC(C)COC(=O)CCCC(C)(C)CC(C)CNC(=O)Nc1nc(C)cc(=O)[nH]1)COC(=O)CCC(C)(C)CC(C)CCNC(=O)OC(C)COC(=O)CCCC(C)(C)CC(C)CNC(=O)Nc1nc(C)cc(=O)[nH]1. The second-order valence-corrected chi connectivity index (χ2v) is 30.7. The van der Waals surface area contributed by atoms with Crippen molar-refractivity contribution in [2.75, 3.05) is 76.4 Å². The Hall–Kier alpha value is -8.80. The summed E-state index contributed by atoms with van der Waals surface area (Å²) < 4.78 is 43.0. The van der Waals surface area contributed by atoms with Gasteiger partial charge in [-0.3, -0.25) is 49.4 Å². The van der Waals surface area contributed by atoms with Gasteiger partial charge in [-0.25, -0.2) is 38.7 Å². The summed E-state index contributed by atoms with van der Waals surface area (Å²) in [4.78, 5) is 162. The quantitative estimate of drug-likeness (QED) is 0.0129. The summed E-state index contributed by atoms with van der Waals surface area (Å²) in [7, 11) is 0. The Labute approximate surface area is 612 Å². The predicted octanol–water partition coefficient (Wildman–Crippen LogP) is 10.5. The standard InChI is InChI=1S/C73H121N11O20/c1-18-58(87)97-34-33-76-69(96)104-55(45-100-61(90)23-29-72(14,15)37-47(2)25-31-74-67(94)102-53(8)43-98-59(88)21-19-27-70(10,11)39-49(4)41-77-65(92)83-63-79-51(6)35-56(85)81-63)46-101-62(91)24-30-73(16,17)38-48(3)26-32-75-68(95)103-54(9)44-99-60(89)22-20-28-71(12,13)40-50(5)42-78-66(93)84-64-80-52(7)36-57(86)82-64/h18,35-36,47-50,53-55H,1,19-34,37-46H2,2-17H3,(H,74,94)(H,75,95)(H,76,96)(H3,77,79,81,83,85,92)(H3,78,80,82,84,86,93). The van der Waals surface area contributed by atoms with E-state index in [1.54, 1.807) is 27.7 Å². The van der Waals surface area contributed by atoms with Gasteiger partial charge in [-0.1, -0.05) is 89.7 Å². The smallest absolute Gasteiger partial charge is 0.407 e. The lowest BCUT2D eigenvalue weighted by molar-refractivity contribution is -0.153. The Bertz CT molecular complexity index is 3000. The van der Waals surface area contributed by atoms with Gasteiger partial charge in [-0.05, 0) is 150 Å². The van der Waals surface area contributed by atoms with Crippen molar-refractivity contribution in [3.8, 4) is 0 Å². The number of aromatic amines is 2. The van der Waals surface area contributed by atoms with E-state index in [0.29, 0.717) is 88.9 Å². The van der Waals surface area contributed by atoms with Gasteiger partial charge in [-0.2, -0.15) is 0 Å². The third-order valence-electron chi connectivity index (χ3n) is 16.8. The van der Waals surface area contributed by atoms with Gasteiger partial charge in [0.1, 0.15) is 45.2 Å². The van der Waals surface area contributed by atoms with Crippen LogP contribution in [0.2, 0.25) is 0 Å². The summed E-state index contributed by atoms with van der Waals surface area (Å²) in [6.45, 7) is 34.5. The fraction of sp³-hybridized carbons (Fsp3) is 0.726. The van der Waals surface area contributed by atoms with Crippen LogP contribution >= 0.6 is 0 Å². The summed E-state index contributed by atoms with van der Waals surface area (Å²) >= 11 is 0. The van der Waals surface area contributed by atoms with Gasteiger partial charge >= 0.3 is 60.2 Å². The number of nitrogens with zero attached hydrogens (tertiary/aromatic N) is 2. The molecule has 588 valence electrons. The van der Waals surface area contributed by atoms with Crippen LogP contribution in [0.5, 0.6) is 0 Å². The molecule has 0 bridgehead atoms. The van der Waals surface area contributed by atoms with Crippen LogP contribution in [0.25, 0.3) is 0 Å². The minimum absolute atomic E-state index is 0.0293. The van der Waals surface area contributed by atoms with E-state index < -0.39 is 91.7 Å². The lowest BCUT2D eigenvalue weighted by Crippen LogP contribution is -2.36. The molecule has 0 radical (unpaired) electrons. The van der Waals surface area contributed by atoms with Crippen molar-refractivity contribution < 1.29 is 85.8 Å². The summed E-state index contributed by atoms with van der Waals surface area (Å²) in [6.07, 6.45) is 4.28. The van der Waals surface area contributed by atoms with Crippen molar-refractivity contribution in [3.05, 3.63) is 56.9 Å². The zero-order chi connectivity index (χ0) is 78.2. The molecule has 0 spiro atoms. The van der Waals surface area contributed by atoms with Gasteiger partial charge in [0, 0.05) is 81.5 Å². The van der Waals surface area contributed by atoms with Crippen molar-refractivity contribution in [2.45, 2.75) is 232 Å². The van der Waals surface area contributed by atoms with Gasteiger partial charge in [-0.15, -0.1) is 0 Å². The molecule has 0 aromatic carbocycles. The van der Waals surface area contributed by atoms with E-state index in [-0.39, 0.29) is 120 Å². The first kappa shape index (κ1) is 91.3. The second kappa shape index (κ2) is 46.8.